The number of anilines is 1. The van der Waals surface area contributed by atoms with Gasteiger partial charge in [0, 0.05) is 35.6 Å². The van der Waals surface area contributed by atoms with Crippen LogP contribution >= 0.6 is 0 Å². The number of benzene rings is 1. The van der Waals surface area contributed by atoms with Crippen LogP contribution in [0.4, 0.5) is 16.0 Å². The highest BCUT2D eigenvalue weighted by Gasteiger charge is 2.24. The van der Waals surface area contributed by atoms with Gasteiger partial charge in [0.1, 0.15) is 11.5 Å². The second-order valence-electron chi connectivity index (χ2n) is 9.42. The number of fused-ring (bicyclic) bond motifs is 2. The summed E-state index contributed by atoms with van der Waals surface area (Å²) in [4.78, 5) is 9.13. The Morgan fingerprint density at radius 3 is 2.75 bits per heavy atom. The van der Waals surface area contributed by atoms with Crippen LogP contribution in [0.2, 0.25) is 0 Å². The summed E-state index contributed by atoms with van der Waals surface area (Å²) in [5, 5.41) is 11.7. The molecule has 3 aromatic rings. The summed E-state index contributed by atoms with van der Waals surface area (Å²) < 4.78 is 16.9. The molecule has 1 aliphatic carbocycles. The maximum absolute atomic E-state index is 15.0. The summed E-state index contributed by atoms with van der Waals surface area (Å²) in [6.07, 6.45) is 10.6. The van der Waals surface area contributed by atoms with Gasteiger partial charge in [-0.3, -0.25) is 4.99 Å². The van der Waals surface area contributed by atoms with E-state index in [9.17, 15) is 0 Å². The molecule has 1 fully saturated rings. The lowest BCUT2D eigenvalue weighted by Crippen LogP contribution is -2.42. The molecule has 3 heterocycles. The van der Waals surface area contributed by atoms with Crippen LogP contribution in [-0.2, 0) is 6.42 Å². The van der Waals surface area contributed by atoms with Crippen LogP contribution in [0, 0.1) is 5.82 Å². The van der Waals surface area contributed by atoms with Crippen molar-refractivity contribution in [3.63, 3.8) is 0 Å². The van der Waals surface area contributed by atoms with Crippen LogP contribution in [0.15, 0.2) is 35.6 Å². The van der Waals surface area contributed by atoms with E-state index in [0.717, 1.165) is 34.3 Å². The number of nitrogens with one attached hydrogen (secondary N) is 2. The van der Waals surface area contributed by atoms with Gasteiger partial charge in [0.15, 0.2) is 0 Å². The van der Waals surface area contributed by atoms with Crippen LogP contribution in [0.3, 0.4) is 0 Å². The zero-order valence-electron chi connectivity index (χ0n) is 19.0. The normalized spacial score (nSPS) is 19.3. The molecule has 32 heavy (non-hydrogen) atoms. The Labute approximate surface area is 188 Å². The molecule has 1 saturated carbocycles. The molecule has 7 heteroatoms. The average molecular weight is 435 g/mol. The lowest BCUT2D eigenvalue weighted by Gasteiger charge is -2.26. The van der Waals surface area contributed by atoms with Crippen LogP contribution in [0.5, 0.6) is 0 Å². The summed E-state index contributed by atoms with van der Waals surface area (Å²) in [5.41, 5.74) is 4.95. The van der Waals surface area contributed by atoms with E-state index in [4.69, 9.17) is 0 Å². The standard InChI is InChI=1S/C25H31FN6/c1-15(2)28-22-13-18-11-17(12-21(26)24(18)29-16(22)3)20-9-10-32-23(20)14-27-25(31-32)30-19-7-5-4-6-8-19/h9-12,14-15,19,22,28H,4-8,13H2,1-3H3,(H,30,31)/t22-/m0/s1. The van der Waals surface area contributed by atoms with Gasteiger partial charge in [-0.25, -0.2) is 13.9 Å². The predicted molar refractivity (Wildman–Crippen MR) is 127 cm³/mol. The molecule has 0 unspecified atom stereocenters. The third-order valence-electron chi connectivity index (χ3n) is 6.56. The summed E-state index contributed by atoms with van der Waals surface area (Å²) in [5.74, 6) is 0.367. The van der Waals surface area contributed by atoms with Crippen molar-refractivity contribution in [3.05, 3.63) is 42.0 Å². The number of nitrogens with zero attached hydrogens (tertiary/aromatic N) is 4. The SMILES string of the molecule is CC1=Nc2c(F)cc(-c3ccn4nc(NC5CCCCC5)ncc34)cc2C[C@@H]1NC(C)C. The Balaban J connectivity index is 1.45. The minimum Gasteiger partial charge on any atom is -0.350 e. The maximum Gasteiger partial charge on any atom is 0.241 e. The fourth-order valence-electron chi connectivity index (χ4n) is 4.94. The van der Waals surface area contributed by atoms with Crippen LogP contribution in [0.25, 0.3) is 16.6 Å². The molecule has 168 valence electrons. The molecule has 2 N–H and O–H groups in total. The summed E-state index contributed by atoms with van der Waals surface area (Å²) in [6, 6.07) is 6.53. The molecule has 2 aliphatic rings. The molecule has 1 aliphatic heterocycles. The molecular formula is C25H31FN6. The molecule has 0 spiro atoms. The Morgan fingerprint density at radius 2 is 1.97 bits per heavy atom. The predicted octanol–water partition coefficient (Wildman–Crippen LogP) is 5.30. The van der Waals surface area contributed by atoms with E-state index < -0.39 is 0 Å². The molecule has 1 atom stereocenters. The van der Waals surface area contributed by atoms with Crippen molar-refractivity contribution in [1.82, 2.24) is 19.9 Å². The maximum atomic E-state index is 15.0. The largest absolute Gasteiger partial charge is 0.350 e. The van der Waals surface area contributed by atoms with Crippen molar-refractivity contribution >= 4 is 22.9 Å². The fourth-order valence-corrected chi connectivity index (χ4v) is 4.94. The van der Waals surface area contributed by atoms with Crippen molar-refractivity contribution in [2.24, 2.45) is 4.99 Å². The van der Waals surface area contributed by atoms with Crippen molar-refractivity contribution in [1.29, 1.82) is 0 Å². The highest BCUT2D eigenvalue weighted by Crippen LogP contribution is 2.35. The number of hydrogen-bond donors (Lipinski definition) is 2. The molecule has 6 nitrogen and oxygen atoms in total. The van der Waals surface area contributed by atoms with E-state index >= 15 is 4.39 Å². The van der Waals surface area contributed by atoms with Gasteiger partial charge in [0.25, 0.3) is 0 Å². The zero-order chi connectivity index (χ0) is 22.2. The van der Waals surface area contributed by atoms with Crippen LogP contribution < -0.4 is 10.6 Å². The lowest BCUT2D eigenvalue weighted by molar-refractivity contribution is 0.460. The van der Waals surface area contributed by atoms with Crippen molar-refractivity contribution < 1.29 is 4.39 Å². The lowest BCUT2D eigenvalue weighted by atomic mass is 9.93. The molecule has 0 amide bonds. The van der Waals surface area contributed by atoms with Gasteiger partial charge >= 0.3 is 0 Å². The highest BCUT2D eigenvalue weighted by atomic mass is 19.1. The third-order valence-corrected chi connectivity index (χ3v) is 6.56. The van der Waals surface area contributed by atoms with E-state index in [1.165, 1.54) is 32.1 Å². The Morgan fingerprint density at radius 1 is 1.16 bits per heavy atom. The number of halogens is 1. The first-order valence-corrected chi connectivity index (χ1v) is 11.7. The summed E-state index contributed by atoms with van der Waals surface area (Å²) in [6.45, 7) is 6.20. The van der Waals surface area contributed by atoms with E-state index in [1.807, 2.05) is 29.9 Å². The molecule has 2 aromatic heterocycles. The molecular weight excluding hydrogens is 403 g/mol. The van der Waals surface area contributed by atoms with Gasteiger partial charge in [0.2, 0.25) is 5.95 Å². The Bertz CT molecular complexity index is 1160. The average Bonchev–Trinajstić information content (AvgIpc) is 3.18. The number of aliphatic imine (C=N–C) groups is 1. The van der Waals surface area contributed by atoms with Gasteiger partial charge in [-0.1, -0.05) is 33.1 Å². The smallest absolute Gasteiger partial charge is 0.241 e. The first-order valence-electron chi connectivity index (χ1n) is 11.7. The van der Waals surface area contributed by atoms with Crippen LogP contribution in [-0.4, -0.2) is 38.4 Å². The number of hydrogen-bond acceptors (Lipinski definition) is 5. The zero-order valence-corrected chi connectivity index (χ0v) is 19.0. The second-order valence-corrected chi connectivity index (χ2v) is 9.42. The van der Waals surface area contributed by atoms with Gasteiger partial charge in [-0.15, -0.1) is 5.10 Å². The Kier molecular flexibility index (Phi) is 5.67. The Hall–Kier alpha value is -2.80. The quantitative estimate of drug-likeness (QED) is 0.572. The summed E-state index contributed by atoms with van der Waals surface area (Å²) >= 11 is 0. The molecule has 1 aromatic carbocycles. The van der Waals surface area contributed by atoms with E-state index in [0.29, 0.717) is 23.7 Å². The fraction of sp³-hybridized carbons (Fsp3) is 0.480. The molecule has 0 saturated heterocycles. The van der Waals surface area contributed by atoms with Gasteiger partial charge < -0.3 is 10.6 Å². The van der Waals surface area contributed by atoms with Gasteiger partial charge in [-0.05, 0) is 55.5 Å². The van der Waals surface area contributed by atoms with Crippen molar-refractivity contribution in [2.45, 2.75) is 77.4 Å². The minimum atomic E-state index is -0.282. The number of rotatable bonds is 5. The molecule has 5 rings (SSSR count). The number of aromatic nitrogens is 3. The van der Waals surface area contributed by atoms with Crippen LogP contribution in [0.1, 0.15) is 58.4 Å². The van der Waals surface area contributed by atoms with Crippen molar-refractivity contribution in [2.75, 3.05) is 5.32 Å². The van der Waals surface area contributed by atoms with E-state index in [1.54, 1.807) is 6.07 Å². The van der Waals surface area contributed by atoms with Gasteiger partial charge in [0.05, 0.1) is 11.7 Å². The molecule has 0 bridgehead atoms. The van der Waals surface area contributed by atoms with Gasteiger partial charge in [-0.2, -0.15) is 0 Å². The highest BCUT2D eigenvalue weighted by molar-refractivity contribution is 5.93. The first-order chi connectivity index (χ1) is 15.5. The first kappa shape index (κ1) is 21.1. The second kappa shape index (κ2) is 8.62. The topological polar surface area (TPSA) is 66.6 Å². The molecule has 0 radical (unpaired) electrons. The van der Waals surface area contributed by atoms with E-state index in [-0.39, 0.29) is 11.9 Å². The monoisotopic (exact) mass is 434 g/mol. The minimum absolute atomic E-state index is 0.125. The summed E-state index contributed by atoms with van der Waals surface area (Å²) in [7, 11) is 0. The third kappa shape index (κ3) is 4.13. The van der Waals surface area contributed by atoms with E-state index in [2.05, 4.69) is 45.6 Å². The van der Waals surface area contributed by atoms with Crippen molar-refractivity contribution in [3.8, 4) is 11.1 Å².